The van der Waals surface area contributed by atoms with Gasteiger partial charge in [0.15, 0.2) is 0 Å². The number of likely N-dealkylation sites (tertiary alicyclic amines) is 1. The van der Waals surface area contributed by atoms with E-state index < -0.39 is 0 Å². The van der Waals surface area contributed by atoms with Crippen molar-refractivity contribution in [2.24, 2.45) is 0 Å². The van der Waals surface area contributed by atoms with Gasteiger partial charge in [0, 0.05) is 24.8 Å². The van der Waals surface area contributed by atoms with E-state index in [0.29, 0.717) is 16.4 Å². The lowest BCUT2D eigenvalue weighted by molar-refractivity contribution is 0.0510. The van der Waals surface area contributed by atoms with Crippen LogP contribution >= 0.6 is 11.6 Å². The van der Waals surface area contributed by atoms with Crippen LogP contribution in [0.1, 0.15) is 56.8 Å². The van der Waals surface area contributed by atoms with Crippen molar-refractivity contribution >= 4 is 23.3 Å². The third kappa shape index (κ3) is 3.67. The van der Waals surface area contributed by atoms with Crippen LogP contribution in [0.2, 0.25) is 5.02 Å². The van der Waals surface area contributed by atoms with E-state index in [0.717, 1.165) is 25.8 Å². The van der Waals surface area contributed by atoms with Crippen LogP contribution in [0.5, 0.6) is 0 Å². The van der Waals surface area contributed by atoms with Crippen molar-refractivity contribution < 1.29 is 4.79 Å². The molecule has 1 amide bonds. The molecule has 2 atom stereocenters. The normalized spacial score (nSPS) is 22.2. The predicted molar refractivity (Wildman–Crippen MR) is 87.0 cm³/mol. The second kappa shape index (κ2) is 7.12. The molecule has 0 aliphatic carbocycles. The molecule has 0 radical (unpaired) electrons. The average molecular weight is 310 g/mol. The molecule has 1 aliphatic rings. The predicted octanol–water partition coefficient (Wildman–Crippen LogP) is 3.96. The maximum absolute atomic E-state index is 12.7. The van der Waals surface area contributed by atoms with Crippen LogP contribution in [0.4, 0.5) is 5.82 Å². The highest BCUT2D eigenvalue weighted by atomic mass is 35.5. The summed E-state index contributed by atoms with van der Waals surface area (Å²) in [5.41, 5.74) is 0.572. The minimum Gasteiger partial charge on any atom is -0.369 e. The number of rotatable bonds is 4. The second-order valence-corrected chi connectivity index (χ2v) is 6.23. The fourth-order valence-electron chi connectivity index (χ4n) is 2.90. The van der Waals surface area contributed by atoms with Gasteiger partial charge >= 0.3 is 0 Å². The first-order valence-electron chi connectivity index (χ1n) is 7.76. The Labute approximate surface area is 131 Å². The average Bonchev–Trinajstić information content (AvgIpc) is 2.45. The zero-order valence-corrected chi connectivity index (χ0v) is 13.8. The van der Waals surface area contributed by atoms with Gasteiger partial charge in [0.2, 0.25) is 0 Å². The van der Waals surface area contributed by atoms with Gasteiger partial charge in [-0.3, -0.25) is 4.79 Å². The van der Waals surface area contributed by atoms with Crippen molar-refractivity contribution in [2.45, 2.75) is 58.5 Å². The van der Waals surface area contributed by atoms with E-state index in [-0.39, 0.29) is 18.0 Å². The first kappa shape index (κ1) is 16.1. The first-order chi connectivity index (χ1) is 10.0. The largest absolute Gasteiger partial charge is 0.369 e. The van der Waals surface area contributed by atoms with Crippen molar-refractivity contribution in [3.05, 3.63) is 22.8 Å². The molecule has 1 fully saturated rings. The van der Waals surface area contributed by atoms with Crippen molar-refractivity contribution in [3.8, 4) is 0 Å². The van der Waals surface area contributed by atoms with Gasteiger partial charge in [-0.25, -0.2) is 4.98 Å². The van der Waals surface area contributed by atoms with Crippen LogP contribution in [0.3, 0.4) is 0 Å². The molecule has 4 nitrogen and oxygen atoms in total. The van der Waals surface area contributed by atoms with Gasteiger partial charge in [0.05, 0.1) is 10.6 Å². The lowest BCUT2D eigenvalue weighted by atomic mass is 9.96. The molecule has 5 heteroatoms. The van der Waals surface area contributed by atoms with E-state index in [9.17, 15) is 4.79 Å². The van der Waals surface area contributed by atoms with Gasteiger partial charge in [-0.1, -0.05) is 18.5 Å². The number of nitrogens with one attached hydrogen (secondary N) is 1. The minimum atomic E-state index is 0.0335. The highest BCUT2D eigenvalue weighted by Gasteiger charge is 2.30. The molecule has 1 saturated heterocycles. The Morgan fingerprint density at radius 1 is 1.43 bits per heavy atom. The van der Waals surface area contributed by atoms with Crippen molar-refractivity contribution in [2.75, 3.05) is 11.9 Å². The topological polar surface area (TPSA) is 45.2 Å². The number of pyridine rings is 1. The number of hydrogen-bond acceptors (Lipinski definition) is 3. The number of carbonyl (C=O) groups excluding carboxylic acids is 1. The molecule has 1 aromatic heterocycles. The number of hydrogen-bond donors (Lipinski definition) is 1. The van der Waals surface area contributed by atoms with Crippen LogP contribution in [0, 0.1) is 0 Å². The number of anilines is 1. The summed E-state index contributed by atoms with van der Waals surface area (Å²) in [5, 5.41) is 3.66. The molecule has 1 aromatic rings. The first-order valence-corrected chi connectivity index (χ1v) is 8.14. The lowest BCUT2D eigenvalue weighted by Crippen LogP contribution is -2.47. The Morgan fingerprint density at radius 2 is 2.10 bits per heavy atom. The van der Waals surface area contributed by atoms with E-state index in [1.165, 1.54) is 6.42 Å². The number of piperidine rings is 1. The van der Waals surface area contributed by atoms with Gasteiger partial charge in [-0.2, -0.15) is 0 Å². The number of nitrogens with zero attached hydrogens (tertiary/aromatic N) is 2. The van der Waals surface area contributed by atoms with Gasteiger partial charge in [-0.05, 0) is 45.6 Å². The van der Waals surface area contributed by atoms with E-state index in [1.807, 2.05) is 4.90 Å². The number of halogens is 1. The molecule has 0 bridgehead atoms. The summed E-state index contributed by atoms with van der Waals surface area (Å²) in [4.78, 5) is 19.0. The molecule has 2 heterocycles. The molecule has 1 N–H and O–H groups in total. The van der Waals surface area contributed by atoms with Crippen LogP contribution in [-0.4, -0.2) is 34.4 Å². The standard InChI is InChI=1S/C16H24ClN3O/c1-4-8-18-15-14(17)9-13(10-19-15)16(21)20-11(2)6-5-7-12(20)3/h9-12H,4-8H2,1-3H3,(H,18,19). The molecule has 0 spiro atoms. The third-order valence-electron chi connectivity index (χ3n) is 4.06. The summed E-state index contributed by atoms with van der Waals surface area (Å²) in [6.07, 6.45) is 5.94. The molecule has 2 rings (SSSR count). The molecule has 21 heavy (non-hydrogen) atoms. The SMILES string of the molecule is CCCNc1ncc(C(=O)N2C(C)CCCC2C)cc1Cl. The van der Waals surface area contributed by atoms with Gasteiger partial charge in [-0.15, -0.1) is 0 Å². The van der Waals surface area contributed by atoms with Gasteiger partial charge < -0.3 is 10.2 Å². The quantitative estimate of drug-likeness (QED) is 0.915. The van der Waals surface area contributed by atoms with E-state index in [1.54, 1.807) is 12.3 Å². The molecule has 0 saturated carbocycles. The van der Waals surface area contributed by atoms with Crippen molar-refractivity contribution in [3.63, 3.8) is 0 Å². The van der Waals surface area contributed by atoms with E-state index in [4.69, 9.17) is 11.6 Å². The third-order valence-corrected chi connectivity index (χ3v) is 4.35. The molecule has 1 aliphatic heterocycles. The molecular weight excluding hydrogens is 286 g/mol. The Hall–Kier alpha value is -1.29. The monoisotopic (exact) mass is 309 g/mol. The Balaban J connectivity index is 2.17. The summed E-state index contributed by atoms with van der Waals surface area (Å²) >= 11 is 6.23. The lowest BCUT2D eigenvalue weighted by Gasteiger charge is -2.39. The molecule has 2 unspecified atom stereocenters. The van der Waals surface area contributed by atoms with Crippen LogP contribution < -0.4 is 5.32 Å². The zero-order valence-electron chi connectivity index (χ0n) is 13.0. The zero-order chi connectivity index (χ0) is 15.4. The Bertz CT molecular complexity index is 496. The summed E-state index contributed by atoms with van der Waals surface area (Å²) in [7, 11) is 0. The smallest absolute Gasteiger partial charge is 0.255 e. The van der Waals surface area contributed by atoms with Crippen LogP contribution in [0.25, 0.3) is 0 Å². The minimum absolute atomic E-state index is 0.0335. The maximum atomic E-state index is 12.7. The van der Waals surface area contributed by atoms with E-state index in [2.05, 4.69) is 31.1 Å². The Kier molecular flexibility index (Phi) is 5.45. The number of carbonyl (C=O) groups is 1. The maximum Gasteiger partial charge on any atom is 0.255 e. The second-order valence-electron chi connectivity index (χ2n) is 5.82. The summed E-state index contributed by atoms with van der Waals surface area (Å²) in [6, 6.07) is 2.28. The molecule has 0 aromatic carbocycles. The Morgan fingerprint density at radius 3 is 2.67 bits per heavy atom. The summed E-state index contributed by atoms with van der Waals surface area (Å²) in [5.74, 6) is 0.681. The fourth-order valence-corrected chi connectivity index (χ4v) is 3.13. The van der Waals surface area contributed by atoms with Crippen LogP contribution in [0.15, 0.2) is 12.3 Å². The van der Waals surface area contributed by atoms with E-state index >= 15 is 0 Å². The number of aromatic nitrogens is 1. The van der Waals surface area contributed by atoms with Crippen molar-refractivity contribution in [1.29, 1.82) is 0 Å². The highest BCUT2D eigenvalue weighted by Crippen LogP contribution is 2.26. The van der Waals surface area contributed by atoms with Crippen molar-refractivity contribution in [1.82, 2.24) is 9.88 Å². The number of amides is 1. The fraction of sp³-hybridized carbons (Fsp3) is 0.625. The molecule has 116 valence electrons. The highest BCUT2D eigenvalue weighted by molar-refractivity contribution is 6.33. The summed E-state index contributed by atoms with van der Waals surface area (Å²) < 4.78 is 0. The van der Waals surface area contributed by atoms with Gasteiger partial charge in [0.1, 0.15) is 5.82 Å². The van der Waals surface area contributed by atoms with Gasteiger partial charge in [0.25, 0.3) is 5.91 Å². The summed E-state index contributed by atoms with van der Waals surface area (Å²) in [6.45, 7) is 7.12. The van der Waals surface area contributed by atoms with Crippen LogP contribution in [-0.2, 0) is 0 Å². The molecular formula is C16H24ClN3O.